The third-order valence-electron chi connectivity index (χ3n) is 4.30. The minimum absolute atomic E-state index is 0.116. The molecule has 1 aromatic rings. The highest BCUT2D eigenvalue weighted by Crippen LogP contribution is 2.28. The molecule has 1 aromatic heterocycles. The maximum absolute atomic E-state index is 7.85. The topological polar surface area (TPSA) is 66.0 Å². The number of rotatable bonds is 3. The Morgan fingerprint density at radius 3 is 2.40 bits per heavy atom. The van der Waals surface area contributed by atoms with Crippen molar-refractivity contribution in [2.75, 3.05) is 11.9 Å². The molecule has 110 valence electrons. The molecule has 0 saturated heterocycles. The molecule has 0 unspecified atom stereocenters. The molecule has 0 aromatic carbocycles. The van der Waals surface area contributed by atoms with Crippen molar-refractivity contribution in [3.8, 4) is 0 Å². The van der Waals surface area contributed by atoms with Crippen molar-refractivity contribution in [3.63, 3.8) is 0 Å². The van der Waals surface area contributed by atoms with Gasteiger partial charge in [-0.05, 0) is 38.3 Å². The van der Waals surface area contributed by atoms with E-state index in [1.807, 2.05) is 19.9 Å². The molecule has 2 rings (SSSR count). The SMILES string of the molecule is Cc1cc(C)c(C(=N)N)c(N(C)C2CCCCCC2)n1. The second kappa shape index (κ2) is 6.25. The van der Waals surface area contributed by atoms with E-state index < -0.39 is 0 Å². The van der Waals surface area contributed by atoms with Crippen LogP contribution in [-0.4, -0.2) is 23.9 Å². The number of nitrogens with zero attached hydrogens (tertiary/aromatic N) is 2. The minimum atomic E-state index is 0.116. The van der Waals surface area contributed by atoms with Crippen molar-refractivity contribution in [1.29, 1.82) is 5.41 Å². The van der Waals surface area contributed by atoms with E-state index in [1.54, 1.807) is 0 Å². The number of amidine groups is 1. The van der Waals surface area contributed by atoms with Crippen molar-refractivity contribution < 1.29 is 0 Å². The molecule has 1 aliphatic rings. The average molecular weight is 274 g/mol. The van der Waals surface area contributed by atoms with Crippen LogP contribution in [0.15, 0.2) is 6.07 Å². The van der Waals surface area contributed by atoms with Gasteiger partial charge in [-0.1, -0.05) is 25.7 Å². The van der Waals surface area contributed by atoms with Gasteiger partial charge in [0, 0.05) is 18.8 Å². The first-order valence-electron chi connectivity index (χ1n) is 7.56. The Labute approximate surface area is 121 Å². The molecule has 1 fully saturated rings. The van der Waals surface area contributed by atoms with E-state index in [9.17, 15) is 0 Å². The van der Waals surface area contributed by atoms with Crippen LogP contribution < -0.4 is 10.6 Å². The fraction of sp³-hybridized carbons (Fsp3) is 0.625. The Hall–Kier alpha value is -1.58. The van der Waals surface area contributed by atoms with Gasteiger partial charge in [-0.3, -0.25) is 5.41 Å². The Kier molecular flexibility index (Phi) is 4.63. The number of aromatic nitrogens is 1. The molecule has 0 aliphatic heterocycles. The summed E-state index contributed by atoms with van der Waals surface area (Å²) in [6.45, 7) is 4.01. The van der Waals surface area contributed by atoms with Crippen LogP contribution in [0.1, 0.15) is 55.3 Å². The largest absolute Gasteiger partial charge is 0.384 e. The summed E-state index contributed by atoms with van der Waals surface area (Å²) in [5.41, 5.74) is 8.61. The van der Waals surface area contributed by atoms with Gasteiger partial charge in [-0.25, -0.2) is 4.98 Å². The Morgan fingerprint density at radius 2 is 1.85 bits per heavy atom. The first-order valence-corrected chi connectivity index (χ1v) is 7.56. The molecule has 4 nitrogen and oxygen atoms in total. The highest BCUT2D eigenvalue weighted by Gasteiger charge is 2.22. The summed E-state index contributed by atoms with van der Waals surface area (Å²) in [7, 11) is 2.10. The number of aryl methyl sites for hydroxylation is 2. The Morgan fingerprint density at radius 1 is 1.25 bits per heavy atom. The summed E-state index contributed by atoms with van der Waals surface area (Å²) >= 11 is 0. The van der Waals surface area contributed by atoms with Crippen LogP contribution in [0, 0.1) is 19.3 Å². The van der Waals surface area contributed by atoms with Crippen molar-refractivity contribution in [2.24, 2.45) is 5.73 Å². The Balaban J connectivity index is 2.37. The van der Waals surface area contributed by atoms with E-state index in [4.69, 9.17) is 11.1 Å². The van der Waals surface area contributed by atoms with Gasteiger partial charge in [0.05, 0.1) is 5.56 Å². The summed E-state index contributed by atoms with van der Waals surface area (Å²) in [6, 6.07) is 2.52. The van der Waals surface area contributed by atoms with Crippen LogP contribution in [0.4, 0.5) is 5.82 Å². The van der Waals surface area contributed by atoms with Crippen LogP contribution in [-0.2, 0) is 0 Å². The lowest BCUT2D eigenvalue weighted by molar-refractivity contribution is 0.548. The smallest absolute Gasteiger partial charge is 0.140 e. The molecule has 1 heterocycles. The summed E-state index contributed by atoms with van der Waals surface area (Å²) in [4.78, 5) is 6.92. The third-order valence-corrected chi connectivity index (χ3v) is 4.30. The normalized spacial score (nSPS) is 16.8. The molecule has 0 radical (unpaired) electrons. The lowest BCUT2D eigenvalue weighted by atomic mass is 10.0. The molecular formula is C16H26N4. The molecule has 0 amide bonds. The standard InChI is InChI=1S/C16H26N4/c1-11-10-12(2)19-16(14(11)15(17)18)20(3)13-8-6-4-5-7-9-13/h10,13H,4-9H2,1-3H3,(H3,17,18). The number of pyridine rings is 1. The molecule has 0 spiro atoms. The second-order valence-electron chi connectivity index (χ2n) is 5.95. The molecular weight excluding hydrogens is 248 g/mol. The van der Waals surface area contributed by atoms with E-state index in [0.29, 0.717) is 6.04 Å². The zero-order chi connectivity index (χ0) is 14.7. The fourth-order valence-electron chi connectivity index (χ4n) is 3.22. The molecule has 0 atom stereocenters. The van der Waals surface area contributed by atoms with Crippen LogP contribution >= 0.6 is 0 Å². The molecule has 0 bridgehead atoms. The summed E-state index contributed by atoms with van der Waals surface area (Å²) in [5, 5.41) is 7.85. The van der Waals surface area contributed by atoms with Crippen LogP contribution in [0.3, 0.4) is 0 Å². The first-order chi connectivity index (χ1) is 9.50. The minimum Gasteiger partial charge on any atom is -0.384 e. The zero-order valence-electron chi connectivity index (χ0n) is 12.9. The highest BCUT2D eigenvalue weighted by atomic mass is 15.2. The van der Waals surface area contributed by atoms with Gasteiger partial charge in [0.2, 0.25) is 0 Å². The lowest BCUT2D eigenvalue weighted by Gasteiger charge is -2.30. The number of nitrogens with one attached hydrogen (secondary N) is 1. The van der Waals surface area contributed by atoms with Gasteiger partial charge in [-0.2, -0.15) is 0 Å². The number of anilines is 1. The lowest BCUT2D eigenvalue weighted by Crippen LogP contribution is -2.34. The van der Waals surface area contributed by atoms with Gasteiger partial charge < -0.3 is 10.6 Å². The van der Waals surface area contributed by atoms with Crippen molar-refractivity contribution in [1.82, 2.24) is 4.98 Å². The maximum atomic E-state index is 7.85. The molecule has 1 aliphatic carbocycles. The number of nitrogen functional groups attached to an aromatic ring is 1. The Bertz CT molecular complexity index is 487. The monoisotopic (exact) mass is 274 g/mol. The molecule has 3 N–H and O–H groups in total. The van der Waals surface area contributed by atoms with Crippen LogP contribution in [0.25, 0.3) is 0 Å². The summed E-state index contributed by atoms with van der Waals surface area (Å²) in [6.07, 6.45) is 7.67. The van der Waals surface area contributed by atoms with E-state index in [0.717, 1.165) is 22.6 Å². The number of hydrogen-bond donors (Lipinski definition) is 2. The molecule has 4 heteroatoms. The zero-order valence-corrected chi connectivity index (χ0v) is 12.9. The van der Waals surface area contributed by atoms with Gasteiger partial charge in [0.25, 0.3) is 0 Å². The molecule has 20 heavy (non-hydrogen) atoms. The van der Waals surface area contributed by atoms with Crippen LogP contribution in [0.5, 0.6) is 0 Å². The van der Waals surface area contributed by atoms with Gasteiger partial charge in [0.1, 0.15) is 11.7 Å². The predicted molar refractivity (Wildman–Crippen MR) is 84.6 cm³/mol. The number of hydrogen-bond acceptors (Lipinski definition) is 3. The van der Waals surface area contributed by atoms with E-state index in [2.05, 4.69) is 16.9 Å². The predicted octanol–water partition coefficient (Wildman–Crippen LogP) is 3.14. The van der Waals surface area contributed by atoms with E-state index in [1.165, 1.54) is 38.5 Å². The van der Waals surface area contributed by atoms with Crippen molar-refractivity contribution in [3.05, 3.63) is 22.9 Å². The summed E-state index contributed by atoms with van der Waals surface area (Å²) in [5.74, 6) is 0.993. The van der Waals surface area contributed by atoms with Gasteiger partial charge >= 0.3 is 0 Å². The van der Waals surface area contributed by atoms with E-state index >= 15 is 0 Å². The molecule has 1 saturated carbocycles. The number of nitrogens with two attached hydrogens (primary N) is 1. The average Bonchev–Trinajstić information content (AvgIpc) is 2.65. The van der Waals surface area contributed by atoms with Gasteiger partial charge in [-0.15, -0.1) is 0 Å². The summed E-state index contributed by atoms with van der Waals surface area (Å²) < 4.78 is 0. The highest BCUT2D eigenvalue weighted by molar-refractivity contribution is 6.01. The van der Waals surface area contributed by atoms with Crippen LogP contribution in [0.2, 0.25) is 0 Å². The fourth-order valence-corrected chi connectivity index (χ4v) is 3.22. The van der Waals surface area contributed by atoms with Gasteiger partial charge in [0.15, 0.2) is 0 Å². The first kappa shape index (κ1) is 14.8. The maximum Gasteiger partial charge on any atom is 0.140 e. The van der Waals surface area contributed by atoms with E-state index in [-0.39, 0.29) is 5.84 Å². The third kappa shape index (κ3) is 3.11. The quantitative estimate of drug-likeness (QED) is 0.505. The second-order valence-corrected chi connectivity index (χ2v) is 5.95. The van der Waals surface area contributed by atoms with Crippen molar-refractivity contribution in [2.45, 2.75) is 58.4 Å². The van der Waals surface area contributed by atoms with Crippen molar-refractivity contribution >= 4 is 11.7 Å².